The van der Waals surface area contributed by atoms with E-state index < -0.39 is 13.5 Å². The molecule has 0 saturated heterocycles. The molecular formula is C6H13BF3KO. The summed E-state index contributed by atoms with van der Waals surface area (Å²) in [5, 5.41) is 0. The molecule has 1 unspecified atom stereocenters. The zero-order valence-corrected chi connectivity index (χ0v) is 11.1. The van der Waals surface area contributed by atoms with Gasteiger partial charge in [0.15, 0.2) is 0 Å². The van der Waals surface area contributed by atoms with Crippen molar-refractivity contribution in [3.05, 3.63) is 0 Å². The van der Waals surface area contributed by atoms with Crippen LogP contribution in [-0.4, -0.2) is 19.6 Å². The first kappa shape index (κ1) is 15.9. The molecular weight excluding hydrogens is 195 g/mol. The second-order valence-electron chi connectivity index (χ2n) is 2.99. The van der Waals surface area contributed by atoms with Gasteiger partial charge in [0.1, 0.15) is 0 Å². The Morgan fingerprint density at radius 2 is 1.58 bits per heavy atom. The largest absolute Gasteiger partial charge is 1.00 e. The quantitative estimate of drug-likeness (QED) is 0.562. The van der Waals surface area contributed by atoms with E-state index in [2.05, 4.69) is 4.74 Å². The monoisotopic (exact) mass is 208 g/mol. The summed E-state index contributed by atoms with van der Waals surface area (Å²) in [7, 11) is 0. The molecule has 68 valence electrons. The van der Waals surface area contributed by atoms with Crippen molar-refractivity contribution in [3.63, 3.8) is 0 Å². The zero-order valence-electron chi connectivity index (χ0n) is 7.98. The van der Waals surface area contributed by atoms with Crippen LogP contribution >= 0.6 is 0 Å². The summed E-state index contributed by atoms with van der Waals surface area (Å²) in [5.41, 5.74) is 0. The molecule has 0 aromatic carbocycles. The molecule has 0 aliphatic carbocycles. The SMILES string of the molecule is CC(C)C(C)OC[B-](F)(F)F.[K+]. The first-order chi connectivity index (χ1) is 4.83. The molecule has 0 aliphatic heterocycles. The third-order valence-electron chi connectivity index (χ3n) is 1.49. The van der Waals surface area contributed by atoms with Crippen LogP contribution in [0.1, 0.15) is 20.8 Å². The summed E-state index contributed by atoms with van der Waals surface area (Å²) >= 11 is 0. The summed E-state index contributed by atoms with van der Waals surface area (Å²) < 4.78 is 39.4. The molecule has 0 rings (SSSR count). The van der Waals surface area contributed by atoms with Crippen LogP contribution in [0, 0.1) is 5.92 Å². The van der Waals surface area contributed by atoms with Crippen molar-refractivity contribution in [1.82, 2.24) is 0 Å². The van der Waals surface area contributed by atoms with Crippen LogP contribution in [0.4, 0.5) is 12.9 Å². The Bertz CT molecular complexity index is 118. The average molecular weight is 208 g/mol. The zero-order chi connectivity index (χ0) is 9.07. The fourth-order valence-electron chi connectivity index (χ4n) is 0.453. The normalized spacial score (nSPS) is 14.2. The smallest absolute Gasteiger partial charge is 0.447 e. The van der Waals surface area contributed by atoms with E-state index in [1.165, 1.54) is 0 Å². The van der Waals surface area contributed by atoms with Crippen molar-refractivity contribution >= 4 is 6.98 Å². The molecule has 1 atom stereocenters. The second kappa shape index (κ2) is 6.84. The van der Waals surface area contributed by atoms with E-state index >= 15 is 0 Å². The van der Waals surface area contributed by atoms with Gasteiger partial charge in [-0.15, -0.1) is 0 Å². The van der Waals surface area contributed by atoms with Crippen molar-refractivity contribution in [3.8, 4) is 0 Å². The van der Waals surface area contributed by atoms with Gasteiger partial charge in [-0.1, -0.05) is 13.8 Å². The molecule has 0 saturated carbocycles. The summed E-state index contributed by atoms with van der Waals surface area (Å²) in [6, 6.07) is 0. The molecule has 1 nitrogen and oxygen atoms in total. The fourth-order valence-corrected chi connectivity index (χ4v) is 0.453. The summed E-state index contributed by atoms with van der Waals surface area (Å²) in [4.78, 5) is 0. The van der Waals surface area contributed by atoms with E-state index in [1.54, 1.807) is 6.92 Å². The molecule has 0 bridgehead atoms. The fraction of sp³-hybridized carbons (Fsp3) is 1.00. The summed E-state index contributed by atoms with van der Waals surface area (Å²) in [6.07, 6.45) is -0.321. The van der Waals surface area contributed by atoms with Gasteiger partial charge in [-0.3, -0.25) is 0 Å². The number of hydrogen-bond acceptors (Lipinski definition) is 1. The standard InChI is InChI=1S/C6H13BF3O.K/c1-5(2)6(3)11-4-7(8,9)10;/h5-6H,4H2,1-3H3;/q-1;+1. The Morgan fingerprint density at radius 3 is 1.83 bits per heavy atom. The van der Waals surface area contributed by atoms with Crippen molar-refractivity contribution in [2.75, 3.05) is 6.51 Å². The minimum atomic E-state index is -4.78. The van der Waals surface area contributed by atoms with E-state index in [1.807, 2.05) is 13.8 Å². The summed E-state index contributed by atoms with van der Waals surface area (Å²) in [5.74, 6) is 0.133. The maximum absolute atomic E-state index is 11.6. The van der Waals surface area contributed by atoms with Gasteiger partial charge in [0.05, 0.1) is 6.10 Å². The van der Waals surface area contributed by atoms with Crippen LogP contribution in [0.2, 0.25) is 0 Å². The molecule has 0 spiro atoms. The average Bonchev–Trinajstić information content (AvgIpc) is 1.80. The Balaban J connectivity index is 0. The van der Waals surface area contributed by atoms with Gasteiger partial charge in [-0.05, 0) is 12.8 Å². The van der Waals surface area contributed by atoms with Crippen molar-refractivity contribution in [2.24, 2.45) is 5.92 Å². The van der Waals surface area contributed by atoms with Crippen LogP contribution in [0.25, 0.3) is 0 Å². The number of ether oxygens (including phenoxy) is 1. The van der Waals surface area contributed by atoms with Crippen LogP contribution in [0.3, 0.4) is 0 Å². The van der Waals surface area contributed by atoms with Gasteiger partial charge in [0.2, 0.25) is 0 Å². The molecule has 0 N–H and O–H groups in total. The molecule has 0 aromatic rings. The molecule has 6 heteroatoms. The van der Waals surface area contributed by atoms with Crippen LogP contribution in [0.15, 0.2) is 0 Å². The van der Waals surface area contributed by atoms with Gasteiger partial charge in [-0.25, -0.2) is 0 Å². The third-order valence-corrected chi connectivity index (χ3v) is 1.49. The van der Waals surface area contributed by atoms with Crippen LogP contribution < -0.4 is 51.4 Å². The molecule has 0 aliphatic rings. The molecule has 0 aromatic heterocycles. The predicted octanol–water partition coefficient (Wildman–Crippen LogP) is -0.562. The van der Waals surface area contributed by atoms with Crippen LogP contribution in [0.5, 0.6) is 0 Å². The number of hydrogen-bond donors (Lipinski definition) is 0. The van der Waals surface area contributed by atoms with Gasteiger partial charge in [0, 0.05) is 6.51 Å². The van der Waals surface area contributed by atoms with E-state index in [-0.39, 0.29) is 63.4 Å². The molecule has 0 heterocycles. The van der Waals surface area contributed by atoms with Crippen molar-refractivity contribution in [2.45, 2.75) is 26.9 Å². The Kier molecular flexibility index (Phi) is 9.06. The third kappa shape index (κ3) is 9.54. The Labute approximate surface area is 114 Å². The molecule has 0 radical (unpaired) electrons. The Hall–Kier alpha value is 1.45. The first-order valence-electron chi connectivity index (χ1n) is 3.65. The van der Waals surface area contributed by atoms with E-state index in [0.29, 0.717) is 0 Å². The number of halogens is 3. The molecule has 0 fully saturated rings. The maximum Gasteiger partial charge on any atom is 1.00 e. The van der Waals surface area contributed by atoms with Crippen molar-refractivity contribution in [1.29, 1.82) is 0 Å². The van der Waals surface area contributed by atoms with Crippen LogP contribution in [-0.2, 0) is 4.74 Å². The van der Waals surface area contributed by atoms with E-state index in [4.69, 9.17) is 0 Å². The van der Waals surface area contributed by atoms with Gasteiger partial charge in [-0.2, -0.15) is 0 Å². The topological polar surface area (TPSA) is 9.23 Å². The van der Waals surface area contributed by atoms with E-state index in [0.717, 1.165) is 0 Å². The van der Waals surface area contributed by atoms with Gasteiger partial charge in [0.25, 0.3) is 0 Å². The van der Waals surface area contributed by atoms with Crippen molar-refractivity contribution < 1.29 is 69.1 Å². The summed E-state index contributed by atoms with van der Waals surface area (Å²) in [6.45, 7) is -0.566. The van der Waals surface area contributed by atoms with E-state index in [9.17, 15) is 12.9 Å². The predicted molar refractivity (Wildman–Crippen MR) is 39.3 cm³/mol. The number of rotatable bonds is 4. The van der Waals surface area contributed by atoms with Gasteiger partial charge < -0.3 is 17.7 Å². The minimum Gasteiger partial charge on any atom is -0.447 e. The van der Waals surface area contributed by atoms with Gasteiger partial charge >= 0.3 is 58.4 Å². The minimum absolute atomic E-state index is 0. The maximum atomic E-state index is 11.6. The second-order valence-corrected chi connectivity index (χ2v) is 2.99. The Morgan fingerprint density at radius 1 is 1.17 bits per heavy atom. The molecule has 12 heavy (non-hydrogen) atoms. The molecule has 0 amide bonds. The first-order valence-corrected chi connectivity index (χ1v) is 3.65.